The molecule has 7 heteroatoms. The zero-order chi connectivity index (χ0) is 15.0. The largest absolute Gasteiger partial charge is 0.456 e. The van der Waals surface area contributed by atoms with Crippen LogP contribution in [0.25, 0.3) is 0 Å². The van der Waals surface area contributed by atoms with E-state index in [1.165, 1.54) is 6.07 Å². The van der Waals surface area contributed by atoms with Crippen molar-refractivity contribution < 1.29 is 13.7 Å². The molecule has 0 aliphatic heterocycles. The van der Waals surface area contributed by atoms with Gasteiger partial charge in [-0.25, -0.2) is 0 Å². The van der Waals surface area contributed by atoms with Crippen LogP contribution in [0.15, 0.2) is 25.9 Å². The molecule has 0 aromatic carbocycles. The SMILES string of the molecule is Cc1cc(=O)cc(C(=O)N[C@H](C)c2nc(C3CC3)no2)o1. The maximum Gasteiger partial charge on any atom is 0.287 e. The molecule has 1 aliphatic carbocycles. The Morgan fingerprint density at radius 1 is 1.43 bits per heavy atom. The number of nitrogens with one attached hydrogen (secondary N) is 1. The molecule has 0 bridgehead atoms. The fraction of sp³-hybridized carbons (Fsp3) is 0.429. The first kappa shape index (κ1) is 13.5. The minimum Gasteiger partial charge on any atom is -0.456 e. The molecule has 0 spiro atoms. The number of amides is 1. The first-order valence-electron chi connectivity index (χ1n) is 6.79. The van der Waals surface area contributed by atoms with Gasteiger partial charge in [-0.1, -0.05) is 5.16 Å². The van der Waals surface area contributed by atoms with E-state index in [1.807, 2.05) is 0 Å². The third-order valence-electron chi connectivity index (χ3n) is 3.23. The molecule has 3 rings (SSSR count). The first-order valence-corrected chi connectivity index (χ1v) is 6.79. The number of aryl methyl sites for hydroxylation is 1. The Bertz CT molecular complexity index is 730. The van der Waals surface area contributed by atoms with Gasteiger partial charge in [0.2, 0.25) is 5.89 Å². The highest BCUT2D eigenvalue weighted by Gasteiger charge is 2.30. The monoisotopic (exact) mass is 289 g/mol. The van der Waals surface area contributed by atoms with Crippen LogP contribution in [0.1, 0.15) is 59.8 Å². The number of hydrogen-bond acceptors (Lipinski definition) is 6. The third kappa shape index (κ3) is 3.01. The summed E-state index contributed by atoms with van der Waals surface area (Å²) < 4.78 is 10.4. The van der Waals surface area contributed by atoms with Gasteiger partial charge in [0.25, 0.3) is 5.91 Å². The third-order valence-corrected chi connectivity index (χ3v) is 3.23. The van der Waals surface area contributed by atoms with E-state index in [0.29, 0.717) is 23.4 Å². The van der Waals surface area contributed by atoms with Crippen molar-refractivity contribution in [2.24, 2.45) is 0 Å². The van der Waals surface area contributed by atoms with Crippen molar-refractivity contribution >= 4 is 5.91 Å². The lowest BCUT2D eigenvalue weighted by Crippen LogP contribution is -2.27. The number of carbonyl (C=O) groups is 1. The Morgan fingerprint density at radius 3 is 2.86 bits per heavy atom. The lowest BCUT2D eigenvalue weighted by Gasteiger charge is -2.09. The van der Waals surface area contributed by atoms with Crippen LogP contribution in [0.3, 0.4) is 0 Å². The quantitative estimate of drug-likeness (QED) is 0.919. The van der Waals surface area contributed by atoms with Crippen molar-refractivity contribution in [3.05, 3.63) is 45.6 Å². The van der Waals surface area contributed by atoms with Crippen molar-refractivity contribution in [1.82, 2.24) is 15.5 Å². The summed E-state index contributed by atoms with van der Waals surface area (Å²) in [4.78, 5) is 27.7. The molecule has 7 nitrogen and oxygen atoms in total. The van der Waals surface area contributed by atoms with Gasteiger partial charge in [-0.3, -0.25) is 9.59 Å². The van der Waals surface area contributed by atoms with Gasteiger partial charge in [0.15, 0.2) is 17.0 Å². The zero-order valence-corrected chi connectivity index (χ0v) is 11.8. The highest BCUT2D eigenvalue weighted by molar-refractivity contribution is 5.91. The molecule has 1 atom stereocenters. The van der Waals surface area contributed by atoms with Crippen LogP contribution in [-0.2, 0) is 0 Å². The fourth-order valence-corrected chi connectivity index (χ4v) is 1.98. The smallest absolute Gasteiger partial charge is 0.287 e. The van der Waals surface area contributed by atoms with E-state index >= 15 is 0 Å². The second-order valence-electron chi connectivity index (χ2n) is 5.23. The lowest BCUT2D eigenvalue weighted by atomic mass is 10.3. The van der Waals surface area contributed by atoms with Crippen molar-refractivity contribution in [3.63, 3.8) is 0 Å². The van der Waals surface area contributed by atoms with Gasteiger partial charge in [0, 0.05) is 18.1 Å². The fourth-order valence-electron chi connectivity index (χ4n) is 1.98. The first-order chi connectivity index (χ1) is 10.0. The summed E-state index contributed by atoms with van der Waals surface area (Å²) in [6.45, 7) is 3.34. The van der Waals surface area contributed by atoms with Crippen LogP contribution in [0.4, 0.5) is 0 Å². The molecule has 1 aliphatic rings. The standard InChI is InChI=1S/C14H15N3O4/c1-7-5-10(18)6-11(20-7)13(19)15-8(2)14-16-12(17-21-14)9-3-4-9/h5-6,8-9H,3-4H2,1-2H3,(H,15,19)/t8-/m1/s1. The van der Waals surface area contributed by atoms with E-state index in [9.17, 15) is 9.59 Å². The highest BCUT2D eigenvalue weighted by atomic mass is 16.5. The van der Waals surface area contributed by atoms with Crippen LogP contribution in [-0.4, -0.2) is 16.0 Å². The van der Waals surface area contributed by atoms with Crippen molar-refractivity contribution in [2.75, 3.05) is 0 Å². The molecule has 2 aromatic rings. The molecule has 110 valence electrons. The van der Waals surface area contributed by atoms with E-state index in [0.717, 1.165) is 18.9 Å². The molecule has 2 heterocycles. The summed E-state index contributed by atoms with van der Waals surface area (Å²) in [6, 6.07) is 2.02. The van der Waals surface area contributed by atoms with Gasteiger partial charge in [-0.2, -0.15) is 4.98 Å². The number of carbonyl (C=O) groups excluding carboxylic acids is 1. The molecule has 0 saturated heterocycles. The van der Waals surface area contributed by atoms with E-state index in [2.05, 4.69) is 15.5 Å². The lowest BCUT2D eigenvalue weighted by molar-refractivity contribution is 0.0900. The minimum atomic E-state index is -0.491. The molecule has 1 N–H and O–H groups in total. The molecule has 1 amide bonds. The maximum atomic E-state index is 12.1. The van der Waals surface area contributed by atoms with Crippen LogP contribution in [0.2, 0.25) is 0 Å². The summed E-state index contributed by atoms with van der Waals surface area (Å²) in [5.74, 6) is 1.28. The van der Waals surface area contributed by atoms with Crippen LogP contribution >= 0.6 is 0 Å². The Kier molecular flexibility index (Phi) is 3.32. The number of rotatable bonds is 4. The van der Waals surface area contributed by atoms with Gasteiger partial charge in [-0.15, -0.1) is 0 Å². The van der Waals surface area contributed by atoms with E-state index < -0.39 is 11.9 Å². The highest BCUT2D eigenvalue weighted by Crippen LogP contribution is 2.38. The van der Waals surface area contributed by atoms with Crippen molar-refractivity contribution in [3.8, 4) is 0 Å². The van der Waals surface area contributed by atoms with E-state index in [1.54, 1.807) is 13.8 Å². The van der Waals surface area contributed by atoms with Gasteiger partial charge < -0.3 is 14.3 Å². The minimum absolute atomic E-state index is 0.0335. The average molecular weight is 289 g/mol. The molecule has 21 heavy (non-hydrogen) atoms. The predicted molar refractivity (Wildman–Crippen MR) is 71.9 cm³/mol. The Morgan fingerprint density at radius 2 is 2.19 bits per heavy atom. The summed E-state index contributed by atoms with van der Waals surface area (Å²) in [6.07, 6.45) is 2.16. The second kappa shape index (κ2) is 5.16. The second-order valence-corrected chi connectivity index (χ2v) is 5.23. The van der Waals surface area contributed by atoms with Crippen molar-refractivity contribution in [1.29, 1.82) is 0 Å². The number of aromatic nitrogens is 2. The molecule has 1 saturated carbocycles. The molecule has 2 aromatic heterocycles. The van der Waals surface area contributed by atoms with Gasteiger partial charge in [-0.05, 0) is 26.7 Å². The van der Waals surface area contributed by atoms with Crippen molar-refractivity contribution in [2.45, 2.75) is 38.6 Å². The van der Waals surface area contributed by atoms with E-state index in [4.69, 9.17) is 8.94 Å². The molecular formula is C14H15N3O4. The Balaban J connectivity index is 1.72. The maximum absolute atomic E-state index is 12.1. The van der Waals surface area contributed by atoms with Gasteiger partial charge in [0.1, 0.15) is 11.8 Å². The van der Waals surface area contributed by atoms with E-state index in [-0.39, 0.29) is 11.2 Å². The summed E-state index contributed by atoms with van der Waals surface area (Å²) >= 11 is 0. The average Bonchev–Trinajstić information content (AvgIpc) is 3.15. The number of nitrogens with zero attached hydrogens (tertiary/aromatic N) is 2. The van der Waals surface area contributed by atoms with Gasteiger partial charge >= 0.3 is 0 Å². The molecule has 1 fully saturated rings. The van der Waals surface area contributed by atoms with Crippen LogP contribution in [0.5, 0.6) is 0 Å². The Hall–Kier alpha value is -2.44. The summed E-state index contributed by atoms with van der Waals surface area (Å²) in [5, 5.41) is 6.57. The number of hydrogen-bond donors (Lipinski definition) is 1. The summed E-state index contributed by atoms with van der Waals surface area (Å²) in [7, 11) is 0. The van der Waals surface area contributed by atoms with Crippen LogP contribution < -0.4 is 10.7 Å². The van der Waals surface area contributed by atoms with Gasteiger partial charge in [0.05, 0.1) is 0 Å². The summed E-state index contributed by atoms with van der Waals surface area (Å²) in [5.41, 5.74) is -0.273. The zero-order valence-electron chi connectivity index (χ0n) is 11.8. The molecular weight excluding hydrogens is 274 g/mol. The molecule has 0 radical (unpaired) electrons. The molecule has 0 unspecified atom stereocenters. The van der Waals surface area contributed by atoms with Crippen LogP contribution in [0, 0.1) is 6.92 Å². The normalized spacial score (nSPS) is 15.7. The Labute approximate surface area is 120 Å². The topological polar surface area (TPSA) is 98.2 Å². The predicted octanol–water partition coefficient (Wildman–Crippen LogP) is 1.70.